The molecule has 3 heteroatoms. The fraction of sp³-hybridized carbons (Fsp3) is 0.278. The maximum Gasteiger partial charge on any atom is 0.163 e. The third-order valence-electron chi connectivity index (χ3n) is 3.82. The van der Waals surface area contributed by atoms with Crippen LogP contribution in [0.15, 0.2) is 42.5 Å². The van der Waals surface area contributed by atoms with Crippen LogP contribution in [0.4, 0.5) is 0 Å². The van der Waals surface area contributed by atoms with Gasteiger partial charge in [-0.05, 0) is 41.8 Å². The molecule has 0 amide bonds. The molecule has 108 valence electrons. The molecule has 0 bridgehead atoms. The molecule has 0 radical (unpaired) electrons. The predicted molar refractivity (Wildman–Crippen MR) is 81.3 cm³/mol. The average molecular weight is 282 g/mol. The molecule has 0 N–H and O–H groups in total. The first-order valence-electron chi connectivity index (χ1n) is 7.18. The zero-order valence-corrected chi connectivity index (χ0v) is 12.1. The van der Waals surface area contributed by atoms with Crippen LogP contribution in [0.5, 0.6) is 11.5 Å². The van der Waals surface area contributed by atoms with Crippen molar-refractivity contribution in [2.45, 2.75) is 19.3 Å². The van der Waals surface area contributed by atoms with Gasteiger partial charge in [0, 0.05) is 18.4 Å². The Morgan fingerprint density at radius 3 is 2.52 bits per heavy atom. The third-order valence-corrected chi connectivity index (χ3v) is 3.82. The Balaban J connectivity index is 1.58. The van der Waals surface area contributed by atoms with Gasteiger partial charge in [0.15, 0.2) is 5.78 Å². The van der Waals surface area contributed by atoms with Gasteiger partial charge < -0.3 is 9.47 Å². The summed E-state index contributed by atoms with van der Waals surface area (Å²) in [6, 6.07) is 13.8. The lowest BCUT2D eigenvalue weighted by atomic mass is 10.1. The Bertz CT molecular complexity index is 644. The van der Waals surface area contributed by atoms with Crippen LogP contribution in [0.1, 0.15) is 27.9 Å². The molecule has 3 nitrogen and oxygen atoms in total. The Labute approximate surface area is 124 Å². The average Bonchev–Trinajstić information content (AvgIpc) is 2.89. The number of benzene rings is 2. The number of carbonyl (C=O) groups is 1. The van der Waals surface area contributed by atoms with Crippen molar-refractivity contribution in [3.8, 4) is 11.5 Å². The maximum absolute atomic E-state index is 11.7. The van der Waals surface area contributed by atoms with E-state index in [1.54, 1.807) is 7.11 Å². The largest absolute Gasteiger partial charge is 0.497 e. The predicted octanol–water partition coefficient (Wildman–Crippen LogP) is 3.45. The van der Waals surface area contributed by atoms with E-state index in [0.717, 1.165) is 35.5 Å². The van der Waals surface area contributed by atoms with Crippen LogP contribution >= 0.6 is 0 Å². The summed E-state index contributed by atoms with van der Waals surface area (Å²) >= 11 is 0. The molecular formula is C18H18O3. The van der Waals surface area contributed by atoms with E-state index in [-0.39, 0.29) is 5.78 Å². The number of rotatable bonds is 5. The van der Waals surface area contributed by atoms with Crippen molar-refractivity contribution in [3.63, 3.8) is 0 Å². The first kappa shape index (κ1) is 13.7. The summed E-state index contributed by atoms with van der Waals surface area (Å²) in [5.74, 6) is 1.86. The molecule has 3 rings (SSSR count). The number of aryl methyl sites for hydroxylation is 1. The Morgan fingerprint density at radius 1 is 1.00 bits per heavy atom. The van der Waals surface area contributed by atoms with Crippen molar-refractivity contribution >= 4 is 5.78 Å². The number of ketones is 1. The van der Waals surface area contributed by atoms with E-state index in [9.17, 15) is 4.79 Å². The molecule has 1 aliphatic rings. The zero-order chi connectivity index (χ0) is 14.7. The molecule has 2 aromatic carbocycles. The van der Waals surface area contributed by atoms with Crippen LogP contribution in [-0.2, 0) is 12.8 Å². The van der Waals surface area contributed by atoms with E-state index in [4.69, 9.17) is 9.47 Å². The minimum Gasteiger partial charge on any atom is -0.497 e. The first-order valence-corrected chi connectivity index (χ1v) is 7.18. The van der Waals surface area contributed by atoms with E-state index in [0.29, 0.717) is 13.0 Å². The van der Waals surface area contributed by atoms with Crippen LogP contribution < -0.4 is 9.47 Å². The number of methoxy groups -OCH3 is 1. The van der Waals surface area contributed by atoms with Gasteiger partial charge in [0.05, 0.1) is 13.7 Å². The van der Waals surface area contributed by atoms with Crippen molar-refractivity contribution in [1.82, 2.24) is 0 Å². The molecule has 0 saturated heterocycles. The fourth-order valence-electron chi connectivity index (χ4n) is 2.58. The van der Waals surface area contributed by atoms with Crippen molar-refractivity contribution in [2.24, 2.45) is 0 Å². The minimum absolute atomic E-state index is 0.227. The highest BCUT2D eigenvalue weighted by Crippen LogP contribution is 2.26. The smallest absolute Gasteiger partial charge is 0.163 e. The second kappa shape index (κ2) is 6.00. The molecule has 0 unspecified atom stereocenters. The van der Waals surface area contributed by atoms with Crippen LogP contribution in [0, 0.1) is 0 Å². The summed E-state index contributed by atoms with van der Waals surface area (Å²) in [5.41, 5.74) is 3.17. The Kier molecular flexibility index (Phi) is 3.91. The lowest BCUT2D eigenvalue weighted by molar-refractivity contribution is 0.0994. The molecule has 21 heavy (non-hydrogen) atoms. The van der Waals surface area contributed by atoms with Crippen molar-refractivity contribution in [1.29, 1.82) is 0 Å². The normalized spacial score (nSPS) is 13.1. The van der Waals surface area contributed by atoms with Crippen LogP contribution in [0.25, 0.3) is 0 Å². The zero-order valence-electron chi connectivity index (χ0n) is 12.1. The van der Waals surface area contributed by atoms with Gasteiger partial charge >= 0.3 is 0 Å². The van der Waals surface area contributed by atoms with Gasteiger partial charge in [-0.1, -0.05) is 18.2 Å². The molecule has 0 aliphatic heterocycles. The number of fused-ring (bicyclic) bond motifs is 1. The summed E-state index contributed by atoms with van der Waals surface area (Å²) in [6.07, 6.45) is 2.32. The standard InChI is InChI=1S/C18H18O3/c1-20-15-6-2-13(3-7-15)10-11-21-16-8-4-14-5-9-18(19)17(14)12-16/h2-4,6-8,12H,5,9-11H2,1H3. The van der Waals surface area contributed by atoms with Gasteiger partial charge in [0.1, 0.15) is 11.5 Å². The minimum atomic E-state index is 0.227. The summed E-state index contributed by atoms with van der Waals surface area (Å²) in [7, 11) is 1.66. The van der Waals surface area contributed by atoms with E-state index in [2.05, 4.69) is 0 Å². The number of Topliss-reactive ketones (excluding diaryl/α,β-unsaturated/α-hetero) is 1. The molecule has 0 aromatic heterocycles. The fourth-order valence-corrected chi connectivity index (χ4v) is 2.58. The summed E-state index contributed by atoms with van der Waals surface area (Å²) in [5, 5.41) is 0. The van der Waals surface area contributed by atoms with E-state index < -0.39 is 0 Å². The maximum atomic E-state index is 11.7. The van der Waals surface area contributed by atoms with Crippen LogP contribution in [-0.4, -0.2) is 19.5 Å². The lowest BCUT2D eigenvalue weighted by Gasteiger charge is -2.08. The van der Waals surface area contributed by atoms with Gasteiger partial charge in [0.2, 0.25) is 0 Å². The van der Waals surface area contributed by atoms with Crippen molar-refractivity contribution in [3.05, 3.63) is 59.2 Å². The number of hydrogen-bond donors (Lipinski definition) is 0. The third kappa shape index (κ3) is 3.07. The summed E-state index contributed by atoms with van der Waals surface area (Å²) < 4.78 is 10.9. The monoisotopic (exact) mass is 282 g/mol. The summed E-state index contributed by atoms with van der Waals surface area (Å²) in [4.78, 5) is 11.7. The van der Waals surface area contributed by atoms with Gasteiger partial charge in [-0.3, -0.25) is 4.79 Å². The highest BCUT2D eigenvalue weighted by atomic mass is 16.5. The van der Waals surface area contributed by atoms with E-state index in [1.165, 1.54) is 5.56 Å². The highest BCUT2D eigenvalue weighted by Gasteiger charge is 2.19. The molecule has 0 spiro atoms. The van der Waals surface area contributed by atoms with Crippen LogP contribution in [0.3, 0.4) is 0 Å². The second-order valence-electron chi connectivity index (χ2n) is 5.19. The lowest BCUT2D eigenvalue weighted by Crippen LogP contribution is -2.02. The molecular weight excluding hydrogens is 264 g/mol. The molecule has 0 saturated carbocycles. The molecule has 0 atom stereocenters. The van der Waals surface area contributed by atoms with E-state index >= 15 is 0 Å². The quantitative estimate of drug-likeness (QED) is 0.842. The van der Waals surface area contributed by atoms with Crippen LogP contribution in [0.2, 0.25) is 0 Å². The topological polar surface area (TPSA) is 35.5 Å². The van der Waals surface area contributed by atoms with E-state index in [1.807, 2.05) is 42.5 Å². The second-order valence-corrected chi connectivity index (χ2v) is 5.19. The molecule has 0 fully saturated rings. The molecule has 2 aromatic rings. The first-order chi connectivity index (χ1) is 10.3. The molecule has 1 aliphatic carbocycles. The summed E-state index contributed by atoms with van der Waals surface area (Å²) in [6.45, 7) is 0.597. The Hall–Kier alpha value is -2.29. The number of hydrogen-bond acceptors (Lipinski definition) is 3. The molecule has 0 heterocycles. The number of ether oxygens (including phenoxy) is 2. The Morgan fingerprint density at radius 2 is 1.76 bits per heavy atom. The van der Waals surface area contributed by atoms with Crippen molar-refractivity contribution < 1.29 is 14.3 Å². The van der Waals surface area contributed by atoms with Gasteiger partial charge in [-0.25, -0.2) is 0 Å². The van der Waals surface area contributed by atoms with Gasteiger partial charge in [-0.15, -0.1) is 0 Å². The van der Waals surface area contributed by atoms with Gasteiger partial charge in [0.25, 0.3) is 0 Å². The van der Waals surface area contributed by atoms with Gasteiger partial charge in [-0.2, -0.15) is 0 Å². The highest BCUT2D eigenvalue weighted by molar-refractivity contribution is 6.00. The van der Waals surface area contributed by atoms with Crippen molar-refractivity contribution in [2.75, 3.05) is 13.7 Å². The number of carbonyl (C=O) groups excluding carboxylic acids is 1. The SMILES string of the molecule is COc1ccc(CCOc2ccc3c(c2)C(=O)CC3)cc1.